The molecule has 0 aliphatic rings. The van der Waals surface area contributed by atoms with Crippen molar-refractivity contribution in [1.29, 1.82) is 0 Å². The Labute approximate surface area is 142 Å². The molecule has 0 saturated carbocycles. The fraction of sp³-hybridized carbons (Fsp3) is 0.375. The molecule has 0 aliphatic carbocycles. The van der Waals surface area contributed by atoms with Crippen LogP contribution in [-0.2, 0) is 21.4 Å². The first kappa shape index (κ1) is 18.2. The Kier molecular flexibility index (Phi) is 6.51. The molecule has 0 unspecified atom stereocenters. The van der Waals surface area contributed by atoms with Gasteiger partial charge in [0.25, 0.3) is 0 Å². The molecular formula is C16H22N4O3S. The molecule has 0 aliphatic heterocycles. The van der Waals surface area contributed by atoms with Crippen LogP contribution in [0.2, 0.25) is 0 Å². The molecule has 0 radical (unpaired) electrons. The van der Waals surface area contributed by atoms with Gasteiger partial charge in [0.05, 0.1) is 17.8 Å². The molecule has 0 spiro atoms. The van der Waals surface area contributed by atoms with Gasteiger partial charge in [0.15, 0.2) is 0 Å². The van der Waals surface area contributed by atoms with E-state index in [1.54, 1.807) is 37.6 Å². The number of hydrogen-bond donors (Lipinski definition) is 1. The number of sulfonamides is 1. The largest absolute Gasteiger partial charge is 0.355 e. The van der Waals surface area contributed by atoms with Crippen molar-refractivity contribution < 1.29 is 13.2 Å². The summed E-state index contributed by atoms with van der Waals surface area (Å²) in [5.41, 5.74) is 0. The van der Waals surface area contributed by atoms with Crippen LogP contribution in [0.25, 0.3) is 0 Å². The van der Waals surface area contributed by atoms with Crippen LogP contribution in [0.3, 0.4) is 0 Å². The van der Waals surface area contributed by atoms with Gasteiger partial charge >= 0.3 is 0 Å². The number of hydrogen-bond acceptors (Lipinski definition) is 4. The van der Waals surface area contributed by atoms with Gasteiger partial charge in [-0.05, 0) is 18.6 Å². The molecule has 2 rings (SSSR count). The molecule has 8 heteroatoms. The molecule has 1 aromatic heterocycles. The Bertz CT molecular complexity index is 730. The van der Waals surface area contributed by atoms with Gasteiger partial charge in [-0.15, -0.1) is 0 Å². The molecule has 7 nitrogen and oxygen atoms in total. The number of aryl methyl sites for hydroxylation is 1. The SMILES string of the molecule is CCN(CC(=O)NCCCn1ccnc1)S(=O)(=O)c1ccccc1. The van der Waals surface area contributed by atoms with E-state index in [1.165, 1.54) is 16.4 Å². The van der Waals surface area contributed by atoms with E-state index < -0.39 is 10.0 Å². The maximum atomic E-state index is 12.5. The van der Waals surface area contributed by atoms with Crippen LogP contribution in [0.5, 0.6) is 0 Å². The van der Waals surface area contributed by atoms with Crippen molar-refractivity contribution in [2.24, 2.45) is 0 Å². The highest BCUT2D eigenvalue weighted by molar-refractivity contribution is 7.89. The van der Waals surface area contributed by atoms with Gasteiger partial charge in [0.2, 0.25) is 15.9 Å². The average molecular weight is 350 g/mol. The molecule has 0 bridgehead atoms. The number of amides is 1. The molecule has 1 heterocycles. The van der Waals surface area contributed by atoms with Crippen molar-refractivity contribution >= 4 is 15.9 Å². The Morgan fingerprint density at radius 2 is 2.04 bits per heavy atom. The van der Waals surface area contributed by atoms with E-state index in [0.717, 1.165) is 13.0 Å². The highest BCUT2D eigenvalue weighted by Gasteiger charge is 2.24. The van der Waals surface area contributed by atoms with Gasteiger partial charge in [-0.3, -0.25) is 4.79 Å². The fourth-order valence-corrected chi connectivity index (χ4v) is 3.66. The zero-order valence-corrected chi connectivity index (χ0v) is 14.4. The van der Waals surface area contributed by atoms with Gasteiger partial charge in [-0.2, -0.15) is 4.31 Å². The fourth-order valence-electron chi connectivity index (χ4n) is 2.23. The third kappa shape index (κ3) is 4.90. The van der Waals surface area contributed by atoms with Gasteiger partial charge in [0.1, 0.15) is 0 Å². The summed E-state index contributed by atoms with van der Waals surface area (Å²) in [4.78, 5) is 16.2. The maximum absolute atomic E-state index is 12.5. The predicted molar refractivity (Wildman–Crippen MR) is 90.7 cm³/mol. The summed E-state index contributed by atoms with van der Waals surface area (Å²) < 4.78 is 28.1. The number of likely N-dealkylation sites (N-methyl/N-ethyl adjacent to an activating group) is 1. The third-order valence-corrected chi connectivity index (χ3v) is 5.46. The Morgan fingerprint density at radius 3 is 2.67 bits per heavy atom. The predicted octanol–water partition coefficient (Wildman–Crippen LogP) is 1.10. The molecule has 1 aromatic carbocycles. The highest BCUT2D eigenvalue weighted by atomic mass is 32.2. The first-order valence-electron chi connectivity index (χ1n) is 7.81. The lowest BCUT2D eigenvalue weighted by Crippen LogP contribution is -2.40. The second-order valence-corrected chi connectivity index (χ2v) is 7.19. The number of aromatic nitrogens is 2. The summed E-state index contributed by atoms with van der Waals surface area (Å²) in [5, 5.41) is 2.75. The molecule has 1 amide bonds. The number of carbonyl (C=O) groups is 1. The summed E-state index contributed by atoms with van der Waals surface area (Å²) in [5.74, 6) is -0.304. The van der Waals surface area contributed by atoms with Crippen LogP contribution in [-0.4, -0.2) is 47.8 Å². The van der Waals surface area contributed by atoms with Gasteiger partial charge in [0, 0.05) is 32.0 Å². The van der Waals surface area contributed by atoms with Crippen molar-refractivity contribution in [3.63, 3.8) is 0 Å². The quantitative estimate of drug-likeness (QED) is 0.687. The standard InChI is InChI=1S/C16H22N4O3S/c1-2-20(24(22,23)15-7-4-3-5-8-15)13-16(21)18-9-6-11-19-12-10-17-14-19/h3-5,7-8,10,12,14H,2,6,9,11,13H2,1H3,(H,18,21). The van der Waals surface area contributed by atoms with Crippen LogP contribution < -0.4 is 5.32 Å². The normalized spacial score (nSPS) is 11.6. The molecule has 2 aromatic rings. The van der Waals surface area contributed by atoms with E-state index in [2.05, 4.69) is 10.3 Å². The molecule has 1 N–H and O–H groups in total. The second-order valence-electron chi connectivity index (χ2n) is 5.25. The zero-order chi connectivity index (χ0) is 17.4. The van der Waals surface area contributed by atoms with Crippen LogP contribution in [0.4, 0.5) is 0 Å². The number of imidazole rings is 1. The highest BCUT2D eigenvalue weighted by Crippen LogP contribution is 2.14. The van der Waals surface area contributed by atoms with E-state index in [0.29, 0.717) is 6.54 Å². The van der Waals surface area contributed by atoms with Crippen molar-refractivity contribution in [1.82, 2.24) is 19.2 Å². The maximum Gasteiger partial charge on any atom is 0.243 e. The molecule has 0 fully saturated rings. The van der Waals surface area contributed by atoms with E-state index in [1.807, 2.05) is 10.8 Å². The Hall–Kier alpha value is -2.19. The van der Waals surface area contributed by atoms with Crippen molar-refractivity contribution in [3.05, 3.63) is 49.1 Å². The lowest BCUT2D eigenvalue weighted by Gasteiger charge is -2.20. The van der Waals surface area contributed by atoms with Gasteiger partial charge < -0.3 is 9.88 Å². The van der Waals surface area contributed by atoms with Gasteiger partial charge in [-0.1, -0.05) is 25.1 Å². The number of nitrogens with one attached hydrogen (secondary N) is 1. The minimum atomic E-state index is -3.65. The van der Waals surface area contributed by atoms with E-state index in [-0.39, 0.29) is 23.9 Å². The van der Waals surface area contributed by atoms with Crippen molar-refractivity contribution in [3.8, 4) is 0 Å². The first-order chi connectivity index (χ1) is 11.5. The number of benzene rings is 1. The van der Waals surface area contributed by atoms with Crippen LogP contribution in [0.1, 0.15) is 13.3 Å². The monoisotopic (exact) mass is 350 g/mol. The van der Waals surface area contributed by atoms with E-state index >= 15 is 0 Å². The van der Waals surface area contributed by atoms with E-state index in [4.69, 9.17) is 0 Å². The lowest BCUT2D eigenvalue weighted by atomic mass is 10.4. The topological polar surface area (TPSA) is 84.3 Å². The molecule has 130 valence electrons. The van der Waals surface area contributed by atoms with Crippen molar-refractivity contribution in [2.75, 3.05) is 19.6 Å². The number of rotatable bonds is 9. The zero-order valence-electron chi connectivity index (χ0n) is 13.6. The Balaban J connectivity index is 1.84. The Morgan fingerprint density at radius 1 is 1.29 bits per heavy atom. The summed E-state index contributed by atoms with van der Waals surface area (Å²) in [6, 6.07) is 8.14. The molecular weight excluding hydrogens is 328 g/mol. The van der Waals surface area contributed by atoms with Crippen LogP contribution >= 0.6 is 0 Å². The second kappa shape index (κ2) is 8.60. The first-order valence-corrected chi connectivity index (χ1v) is 9.25. The summed E-state index contributed by atoms with van der Waals surface area (Å²) in [7, 11) is -3.65. The third-order valence-electron chi connectivity index (χ3n) is 3.53. The molecule has 24 heavy (non-hydrogen) atoms. The van der Waals surface area contributed by atoms with Crippen molar-refractivity contribution in [2.45, 2.75) is 24.8 Å². The van der Waals surface area contributed by atoms with E-state index in [9.17, 15) is 13.2 Å². The summed E-state index contributed by atoms with van der Waals surface area (Å²) in [6.45, 7) is 3.01. The van der Waals surface area contributed by atoms with Gasteiger partial charge in [-0.25, -0.2) is 13.4 Å². The summed E-state index contributed by atoms with van der Waals surface area (Å²) >= 11 is 0. The summed E-state index contributed by atoms with van der Waals surface area (Å²) in [6.07, 6.45) is 6.02. The molecule has 0 saturated heterocycles. The molecule has 0 atom stereocenters. The number of nitrogens with zero attached hydrogens (tertiary/aromatic N) is 3. The smallest absolute Gasteiger partial charge is 0.243 e. The minimum Gasteiger partial charge on any atom is -0.355 e. The number of carbonyl (C=O) groups excluding carboxylic acids is 1. The van der Waals surface area contributed by atoms with Crippen LogP contribution in [0.15, 0.2) is 53.9 Å². The van der Waals surface area contributed by atoms with Crippen LogP contribution in [0, 0.1) is 0 Å². The lowest BCUT2D eigenvalue weighted by molar-refractivity contribution is -0.121. The minimum absolute atomic E-state index is 0.182. The average Bonchev–Trinajstić information content (AvgIpc) is 3.10.